The molecular weight excluding hydrogens is 441 g/mol. The molecule has 0 bridgehead atoms. The summed E-state index contributed by atoms with van der Waals surface area (Å²) in [6.45, 7) is 4.51. The zero-order chi connectivity index (χ0) is 18.1. The van der Waals surface area contributed by atoms with Crippen LogP contribution in [0.1, 0.15) is 30.5 Å². The number of aromatic nitrogens is 1. The molecule has 1 aromatic heterocycles. The monoisotopic (exact) mass is 467 g/mol. The Bertz CT molecular complexity index is 704. The van der Waals surface area contributed by atoms with E-state index in [1.165, 1.54) is 5.56 Å². The Hall–Kier alpha value is -2.16. The summed E-state index contributed by atoms with van der Waals surface area (Å²) in [5, 5.41) is 9.24. The Morgan fingerprint density at radius 1 is 1.19 bits per heavy atom. The van der Waals surface area contributed by atoms with Gasteiger partial charge in [0.05, 0.1) is 6.04 Å². The van der Waals surface area contributed by atoms with Crippen molar-refractivity contribution in [3.8, 4) is 0 Å². The molecule has 0 saturated heterocycles. The van der Waals surface area contributed by atoms with Crippen molar-refractivity contribution in [3.63, 3.8) is 0 Å². The van der Waals surface area contributed by atoms with Gasteiger partial charge in [-0.2, -0.15) is 0 Å². The number of nitrogens with zero attached hydrogens (tertiary/aromatic N) is 2. The number of hydrogen-bond donors (Lipinski definition) is 3. The molecule has 0 aliphatic carbocycles. The Labute approximate surface area is 171 Å². The Morgan fingerprint density at radius 3 is 2.54 bits per heavy atom. The molecule has 0 aliphatic heterocycles. The number of halogens is 1. The lowest BCUT2D eigenvalue weighted by atomic mass is 10.1. The van der Waals surface area contributed by atoms with Crippen LogP contribution in [-0.4, -0.2) is 30.4 Å². The number of anilines is 1. The van der Waals surface area contributed by atoms with Gasteiger partial charge in [-0.05, 0) is 31.0 Å². The summed E-state index contributed by atoms with van der Waals surface area (Å²) in [5.74, 6) is 1.14. The second-order valence-electron chi connectivity index (χ2n) is 5.79. The van der Waals surface area contributed by atoms with E-state index >= 15 is 0 Å². The molecule has 1 unspecified atom stereocenters. The van der Waals surface area contributed by atoms with E-state index in [0.717, 1.165) is 5.56 Å². The van der Waals surface area contributed by atoms with E-state index in [4.69, 9.17) is 0 Å². The second-order valence-corrected chi connectivity index (χ2v) is 5.79. The molecule has 1 atom stereocenters. The average Bonchev–Trinajstić information content (AvgIpc) is 2.63. The van der Waals surface area contributed by atoms with E-state index in [0.29, 0.717) is 24.7 Å². The molecule has 0 saturated carbocycles. The van der Waals surface area contributed by atoms with Crippen LogP contribution in [0.4, 0.5) is 5.82 Å². The van der Waals surface area contributed by atoms with Crippen LogP contribution in [-0.2, 0) is 4.79 Å². The van der Waals surface area contributed by atoms with Gasteiger partial charge in [0.15, 0.2) is 5.96 Å². The molecule has 26 heavy (non-hydrogen) atoms. The number of hydrogen-bond acceptors (Lipinski definition) is 3. The highest BCUT2D eigenvalue weighted by molar-refractivity contribution is 14.0. The SMILES string of the molecule is CN=C(NCCC(=O)Nc1ccc(C)cn1)NC(C)c1ccccc1.I. The van der Waals surface area contributed by atoms with Gasteiger partial charge in [-0.1, -0.05) is 36.4 Å². The molecule has 0 fully saturated rings. The van der Waals surface area contributed by atoms with Gasteiger partial charge < -0.3 is 16.0 Å². The lowest BCUT2D eigenvalue weighted by molar-refractivity contribution is -0.116. The summed E-state index contributed by atoms with van der Waals surface area (Å²) in [6, 6.07) is 14.0. The first-order valence-electron chi connectivity index (χ1n) is 8.33. The number of carbonyl (C=O) groups is 1. The van der Waals surface area contributed by atoms with E-state index < -0.39 is 0 Å². The summed E-state index contributed by atoms with van der Waals surface area (Å²) in [4.78, 5) is 20.3. The summed E-state index contributed by atoms with van der Waals surface area (Å²) < 4.78 is 0. The first kappa shape index (κ1) is 21.9. The van der Waals surface area contributed by atoms with Gasteiger partial charge in [-0.25, -0.2) is 4.98 Å². The third kappa shape index (κ3) is 7.38. The summed E-state index contributed by atoms with van der Waals surface area (Å²) in [6.07, 6.45) is 2.06. The Balaban J connectivity index is 0.00000338. The van der Waals surface area contributed by atoms with E-state index in [2.05, 4.69) is 45.0 Å². The summed E-state index contributed by atoms with van der Waals surface area (Å²) in [7, 11) is 1.71. The van der Waals surface area contributed by atoms with Gasteiger partial charge in [-0.15, -0.1) is 24.0 Å². The van der Waals surface area contributed by atoms with Crippen molar-refractivity contribution in [2.75, 3.05) is 18.9 Å². The number of amides is 1. The summed E-state index contributed by atoms with van der Waals surface area (Å²) >= 11 is 0. The number of rotatable bonds is 6. The van der Waals surface area contributed by atoms with Crippen LogP contribution in [0, 0.1) is 6.92 Å². The number of pyridine rings is 1. The highest BCUT2D eigenvalue weighted by Gasteiger charge is 2.08. The quantitative estimate of drug-likeness (QED) is 0.346. The van der Waals surface area contributed by atoms with Gasteiger partial charge >= 0.3 is 0 Å². The zero-order valence-corrected chi connectivity index (χ0v) is 17.7. The van der Waals surface area contributed by atoms with Crippen molar-refractivity contribution in [2.24, 2.45) is 4.99 Å². The van der Waals surface area contributed by atoms with Crippen LogP contribution < -0.4 is 16.0 Å². The lowest BCUT2D eigenvalue weighted by Crippen LogP contribution is -2.39. The van der Waals surface area contributed by atoms with Gasteiger partial charge in [0, 0.05) is 26.2 Å². The van der Waals surface area contributed by atoms with Gasteiger partial charge in [0.1, 0.15) is 5.82 Å². The molecular formula is C19H26IN5O. The van der Waals surface area contributed by atoms with Crippen LogP contribution in [0.15, 0.2) is 53.7 Å². The molecule has 7 heteroatoms. The van der Waals surface area contributed by atoms with Crippen molar-refractivity contribution >= 4 is 41.7 Å². The largest absolute Gasteiger partial charge is 0.356 e. The predicted octanol–water partition coefficient (Wildman–Crippen LogP) is 3.26. The van der Waals surface area contributed by atoms with E-state index in [9.17, 15) is 4.79 Å². The van der Waals surface area contributed by atoms with E-state index in [-0.39, 0.29) is 35.9 Å². The maximum Gasteiger partial charge on any atom is 0.227 e. The van der Waals surface area contributed by atoms with Gasteiger partial charge in [0.2, 0.25) is 5.91 Å². The minimum atomic E-state index is -0.0876. The predicted molar refractivity (Wildman–Crippen MR) is 117 cm³/mol. The lowest BCUT2D eigenvalue weighted by Gasteiger charge is -2.18. The van der Waals surface area contributed by atoms with Crippen molar-refractivity contribution in [2.45, 2.75) is 26.3 Å². The average molecular weight is 467 g/mol. The number of nitrogens with one attached hydrogen (secondary N) is 3. The molecule has 140 valence electrons. The molecule has 0 spiro atoms. The molecule has 6 nitrogen and oxygen atoms in total. The topological polar surface area (TPSA) is 78.4 Å². The molecule has 2 aromatic rings. The van der Waals surface area contributed by atoms with Crippen molar-refractivity contribution in [1.29, 1.82) is 0 Å². The third-order valence-corrected chi connectivity index (χ3v) is 3.70. The molecule has 1 heterocycles. The van der Waals surface area contributed by atoms with Crippen LogP contribution in [0.5, 0.6) is 0 Å². The van der Waals surface area contributed by atoms with Crippen LogP contribution in [0.3, 0.4) is 0 Å². The first-order chi connectivity index (χ1) is 12.1. The Morgan fingerprint density at radius 2 is 1.92 bits per heavy atom. The first-order valence-corrected chi connectivity index (χ1v) is 8.33. The van der Waals surface area contributed by atoms with Crippen molar-refractivity contribution in [1.82, 2.24) is 15.6 Å². The number of aryl methyl sites for hydroxylation is 1. The molecule has 2 rings (SSSR count). The fraction of sp³-hybridized carbons (Fsp3) is 0.316. The number of benzene rings is 1. The minimum absolute atomic E-state index is 0. The maximum atomic E-state index is 12.0. The molecule has 3 N–H and O–H groups in total. The molecule has 1 aromatic carbocycles. The summed E-state index contributed by atoms with van der Waals surface area (Å²) in [5.41, 5.74) is 2.23. The van der Waals surface area contributed by atoms with E-state index in [1.54, 1.807) is 19.3 Å². The van der Waals surface area contributed by atoms with Crippen molar-refractivity contribution < 1.29 is 4.79 Å². The van der Waals surface area contributed by atoms with Crippen LogP contribution in [0.25, 0.3) is 0 Å². The molecule has 0 aliphatic rings. The third-order valence-electron chi connectivity index (χ3n) is 3.70. The van der Waals surface area contributed by atoms with E-state index in [1.807, 2.05) is 31.2 Å². The number of guanidine groups is 1. The standard InChI is InChI=1S/C19H25N5O.HI/c1-14-9-10-17(22-13-14)24-18(25)11-12-21-19(20-3)23-15(2)16-7-5-4-6-8-16;/h4-10,13,15H,11-12H2,1-3H3,(H2,20,21,23)(H,22,24,25);1H. The van der Waals surface area contributed by atoms with Crippen molar-refractivity contribution in [3.05, 3.63) is 59.8 Å². The van der Waals surface area contributed by atoms with Crippen LogP contribution >= 0.6 is 24.0 Å². The van der Waals surface area contributed by atoms with Crippen LogP contribution in [0.2, 0.25) is 0 Å². The smallest absolute Gasteiger partial charge is 0.227 e. The number of aliphatic imine (C=N–C) groups is 1. The highest BCUT2D eigenvalue weighted by Crippen LogP contribution is 2.10. The maximum absolute atomic E-state index is 12.0. The van der Waals surface area contributed by atoms with Gasteiger partial charge in [0.25, 0.3) is 0 Å². The molecule has 1 amide bonds. The second kappa shape index (κ2) is 11.5. The Kier molecular flexibility index (Phi) is 9.64. The minimum Gasteiger partial charge on any atom is -0.356 e. The normalized spacial score (nSPS) is 11.9. The fourth-order valence-corrected chi connectivity index (χ4v) is 2.27. The molecule has 0 radical (unpaired) electrons. The number of carbonyl (C=O) groups excluding carboxylic acids is 1. The fourth-order valence-electron chi connectivity index (χ4n) is 2.27. The van der Waals surface area contributed by atoms with Gasteiger partial charge in [-0.3, -0.25) is 9.79 Å². The zero-order valence-electron chi connectivity index (χ0n) is 15.3. The highest BCUT2D eigenvalue weighted by atomic mass is 127.